The molecule has 1 heterocycles. The van der Waals surface area contributed by atoms with Crippen molar-refractivity contribution in [2.45, 2.75) is 13.3 Å². The second-order valence-electron chi connectivity index (χ2n) is 5.37. The average molecular weight is 317 g/mol. The zero-order valence-corrected chi connectivity index (χ0v) is 13.3. The molecule has 0 unspecified atom stereocenters. The molecule has 1 amide bonds. The number of carbonyl (C=O) groups is 1. The molecule has 2 rings (SSSR count). The Kier molecular flexibility index (Phi) is 5.40. The zero-order valence-electron chi connectivity index (χ0n) is 13.3. The fourth-order valence-electron chi connectivity index (χ4n) is 2.52. The Morgan fingerprint density at radius 3 is 2.35 bits per heavy atom. The van der Waals surface area contributed by atoms with Crippen LogP contribution in [0.4, 0.5) is 11.4 Å². The van der Waals surface area contributed by atoms with Crippen molar-refractivity contribution < 1.29 is 4.79 Å². The van der Waals surface area contributed by atoms with Crippen LogP contribution in [-0.2, 0) is 4.79 Å². The van der Waals surface area contributed by atoms with E-state index in [0.29, 0.717) is 5.69 Å². The molecular formula is C15H23N7O. The molecule has 1 aromatic rings. The van der Waals surface area contributed by atoms with Crippen LogP contribution in [0.15, 0.2) is 34.3 Å². The van der Waals surface area contributed by atoms with E-state index < -0.39 is 0 Å². The molecule has 0 aliphatic carbocycles. The summed E-state index contributed by atoms with van der Waals surface area (Å²) in [6, 6.07) is 7.67. The number of hydrogen-bond acceptors (Lipinski definition) is 3. The lowest BCUT2D eigenvalue weighted by Crippen LogP contribution is -2.33. The normalized spacial score (nSPS) is 16.0. The van der Waals surface area contributed by atoms with Gasteiger partial charge in [-0.05, 0) is 30.7 Å². The van der Waals surface area contributed by atoms with Crippen molar-refractivity contribution in [3.8, 4) is 0 Å². The summed E-state index contributed by atoms with van der Waals surface area (Å²) in [7, 11) is 0. The first-order chi connectivity index (χ1) is 11.0. The molecule has 1 saturated heterocycles. The number of guanidine groups is 2. The zero-order chi connectivity index (χ0) is 16.8. The van der Waals surface area contributed by atoms with Gasteiger partial charge in [-0.3, -0.25) is 4.79 Å². The highest BCUT2D eigenvalue weighted by Crippen LogP contribution is 2.21. The van der Waals surface area contributed by atoms with E-state index >= 15 is 0 Å². The van der Waals surface area contributed by atoms with Crippen LogP contribution >= 0.6 is 0 Å². The fourth-order valence-corrected chi connectivity index (χ4v) is 2.52. The highest BCUT2D eigenvalue weighted by Gasteiger charge is 2.16. The predicted molar refractivity (Wildman–Crippen MR) is 92.6 cm³/mol. The first kappa shape index (κ1) is 16.6. The maximum atomic E-state index is 11.5. The summed E-state index contributed by atoms with van der Waals surface area (Å²) < 4.78 is 0. The Hall–Kier alpha value is -2.77. The van der Waals surface area contributed by atoms with Gasteiger partial charge in [-0.15, -0.1) is 0 Å². The second kappa shape index (κ2) is 7.48. The Balaban J connectivity index is 2.05. The van der Waals surface area contributed by atoms with Crippen LogP contribution < -0.4 is 22.1 Å². The Bertz CT molecular complexity index is 605. The average Bonchev–Trinajstić information content (AvgIpc) is 2.73. The van der Waals surface area contributed by atoms with E-state index in [-0.39, 0.29) is 17.8 Å². The third-order valence-electron chi connectivity index (χ3n) is 3.64. The van der Waals surface area contributed by atoms with Crippen LogP contribution in [0.3, 0.4) is 0 Å². The smallest absolute Gasteiger partial charge is 0.223 e. The summed E-state index contributed by atoms with van der Waals surface area (Å²) >= 11 is 0. The minimum absolute atomic E-state index is 0.0182. The van der Waals surface area contributed by atoms with Gasteiger partial charge in [0.1, 0.15) is 0 Å². The minimum Gasteiger partial charge on any atom is -0.370 e. The van der Waals surface area contributed by atoms with E-state index in [9.17, 15) is 4.79 Å². The summed E-state index contributed by atoms with van der Waals surface area (Å²) in [6.45, 7) is 4.90. The van der Waals surface area contributed by atoms with Gasteiger partial charge in [0.2, 0.25) is 11.9 Å². The Morgan fingerprint density at radius 1 is 1.04 bits per heavy atom. The number of anilines is 1. The number of carbonyl (C=O) groups excluding carboxylic acids is 1. The molecule has 23 heavy (non-hydrogen) atoms. The van der Waals surface area contributed by atoms with Crippen molar-refractivity contribution in [1.29, 1.82) is 0 Å². The lowest BCUT2D eigenvalue weighted by Gasteiger charge is -2.23. The number of nitrogens with zero attached hydrogens (tertiary/aromatic N) is 4. The molecule has 0 atom stereocenters. The SMILES string of the molecule is CC(=O)N1CCCN(c2ccc(N=C(N)N=C(N)N)cc2)CC1. The van der Waals surface area contributed by atoms with Gasteiger partial charge in [-0.2, -0.15) is 4.99 Å². The van der Waals surface area contributed by atoms with Gasteiger partial charge >= 0.3 is 0 Å². The van der Waals surface area contributed by atoms with Gasteiger partial charge in [-0.25, -0.2) is 4.99 Å². The maximum Gasteiger partial charge on any atom is 0.223 e. The molecule has 6 N–H and O–H groups in total. The van der Waals surface area contributed by atoms with Gasteiger partial charge in [0.25, 0.3) is 0 Å². The van der Waals surface area contributed by atoms with Gasteiger partial charge in [-0.1, -0.05) is 0 Å². The molecule has 0 radical (unpaired) electrons. The molecule has 124 valence electrons. The standard InChI is InChI=1S/C15H23N7O/c1-11(23)21-7-2-8-22(10-9-21)13-5-3-12(4-6-13)19-15(18)20-14(16)17/h3-6H,2,7-10H2,1H3,(H6,16,17,18,19,20). The Morgan fingerprint density at radius 2 is 1.74 bits per heavy atom. The summed E-state index contributed by atoms with van der Waals surface area (Å²) in [5, 5.41) is 0. The third kappa shape index (κ3) is 4.87. The highest BCUT2D eigenvalue weighted by atomic mass is 16.2. The first-order valence-electron chi connectivity index (χ1n) is 7.50. The number of aliphatic imine (C=N–C) groups is 2. The summed E-state index contributed by atoms with van der Waals surface area (Å²) in [5.74, 6) is 0.0267. The summed E-state index contributed by atoms with van der Waals surface area (Å²) in [5.41, 5.74) is 17.9. The minimum atomic E-state index is -0.123. The van der Waals surface area contributed by atoms with Crippen LogP contribution in [0.2, 0.25) is 0 Å². The van der Waals surface area contributed by atoms with Crippen molar-refractivity contribution in [3.05, 3.63) is 24.3 Å². The number of amides is 1. The lowest BCUT2D eigenvalue weighted by molar-refractivity contribution is -0.128. The molecule has 1 aliphatic heterocycles. The molecule has 8 heteroatoms. The monoisotopic (exact) mass is 317 g/mol. The largest absolute Gasteiger partial charge is 0.370 e. The van der Waals surface area contributed by atoms with Gasteiger partial charge < -0.3 is 27.0 Å². The van der Waals surface area contributed by atoms with Crippen LogP contribution in [0.5, 0.6) is 0 Å². The third-order valence-corrected chi connectivity index (χ3v) is 3.64. The molecule has 0 saturated carbocycles. The number of rotatable bonds is 2. The van der Waals surface area contributed by atoms with Crippen LogP contribution in [-0.4, -0.2) is 48.9 Å². The van der Waals surface area contributed by atoms with Gasteiger partial charge in [0, 0.05) is 38.8 Å². The van der Waals surface area contributed by atoms with Gasteiger partial charge in [0.15, 0.2) is 5.96 Å². The van der Waals surface area contributed by atoms with Crippen molar-refractivity contribution in [3.63, 3.8) is 0 Å². The van der Waals surface area contributed by atoms with Crippen molar-refractivity contribution >= 4 is 29.2 Å². The topological polar surface area (TPSA) is 126 Å². The number of benzene rings is 1. The van der Waals surface area contributed by atoms with E-state index in [0.717, 1.165) is 38.3 Å². The molecule has 8 nitrogen and oxygen atoms in total. The molecule has 0 spiro atoms. The van der Waals surface area contributed by atoms with E-state index in [1.165, 1.54) is 0 Å². The Labute approximate surface area is 135 Å². The molecular weight excluding hydrogens is 294 g/mol. The quantitative estimate of drug-likeness (QED) is 0.521. The lowest BCUT2D eigenvalue weighted by atomic mass is 10.2. The second-order valence-corrected chi connectivity index (χ2v) is 5.37. The molecule has 1 fully saturated rings. The van der Waals surface area contributed by atoms with Gasteiger partial charge in [0.05, 0.1) is 5.69 Å². The fraction of sp³-hybridized carbons (Fsp3) is 0.400. The highest BCUT2D eigenvalue weighted by molar-refractivity contribution is 5.93. The van der Waals surface area contributed by atoms with Crippen LogP contribution in [0.25, 0.3) is 0 Å². The van der Waals surface area contributed by atoms with E-state index in [1.807, 2.05) is 29.2 Å². The molecule has 0 bridgehead atoms. The molecule has 1 aliphatic rings. The van der Waals surface area contributed by atoms with Crippen molar-refractivity contribution in [1.82, 2.24) is 4.90 Å². The first-order valence-corrected chi connectivity index (χ1v) is 7.50. The maximum absolute atomic E-state index is 11.5. The van der Waals surface area contributed by atoms with E-state index in [1.54, 1.807) is 6.92 Å². The van der Waals surface area contributed by atoms with Crippen molar-refractivity contribution in [2.75, 3.05) is 31.1 Å². The van der Waals surface area contributed by atoms with E-state index in [4.69, 9.17) is 17.2 Å². The van der Waals surface area contributed by atoms with Crippen molar-refractivity contribution in [2.24, 2.45) is 27.2 Å². The van der Waals surface area contributed by atoms with E-state index in [2.05, 4.69) is 14.9 Å². The summed E-state index contributed by atoms with van der Waals surface area (Å²) in [6.07, 6.45) is 0.955. The number of nitrogens with two attached hydrogens (primary N) is 3. The van der Waals surface area contributed by atoms with Crippen LogP contribution in [0, 0.1) is 0 Å². The number of hydrogen-bond donors (Lipinski definition) is 3. The molecule has 1 aromatic carbocycles. The van der Waals surface area contributed by atoms with Crippen LogP contribution in [0.1, 0.15) is 13.3 Å². The predicted octanol–water partition coefficient (Wildman–Crippen LogP) is -0.0352. The summed E-state index contributed by atoms with van der Waals surface area (Å²) in [4.78, 5) is 23.4. The molecule has 0 aromatic heterocycles.